The van der Waals surface area contributed by atoms with Crippen molar-refractivity contribution in [2.45, 2.75) is 13.5 Å². The van der Waals surface area contributed by atoms with Gasteiger partial charge in [0.05, 0.1) is 14.2 Å². The van der Waals surface area contributed by atoms with Crippen molar-refractivity contribution in [1.82, 2.24) is 20.2 Å². The van der Waals surface area contributed by atoms with Gasteiger partial charge in [0.2, 0.25) is 5.95 Å². The monoisotopic (exact) mass is 373 g/mol. The highest BCUT2D eigenvalue weighted by Crippen LogP contribution is 2.27. The summed E-state index contributed by atoms with van der Waals surface area (Å²) in [5, 5.41) is 6.01. The quantitative estimate of drug-likeness (QED) is 0.692. The van der Waals surface area contributed by atoms with Gasteiger partial charge in [-0.25, -0.2) is 9.97 Å². The Labute approximate surface area is 159 Å². The number of carbonyl (C=O) groups is 1. The first kappa shape index (κ1) is 20.4. The van der Waals surface area contributed by atoms with Gasteiger partial charge < -0.3 is 25.0 Å². The molecule has 0 aliphatic rings. The zero-order valence-corrected chi connectivity index (χ0v) is 16.5. The van der Waals surface area contributed by atoms with Crippen LogP contribution in [0.2, 0.25) is 0 Å². The van der Waals surface area contributed by atoms with E-state index in [1.54, 1.807) is 20.3 Å². The molecule has 8 nitrogen and oxygen atoms in total. The van der Waals surface area contributed by atoms with E-state index in [0.29, 0.717) is 36.2 Å². The molecule has 2 N–H and O–H groups in total. The topological polar surface area (TPSA) is 88.6 Å². The largest absolute Gasteiger partial charge is 0.493 e. The molecule has 0 saturated carbocycles. The van der Waals surface area contributed by atoms with Crippen molar-refractivity contribution in [3.05, 3.63) is 41.2 Å². The minimum absolute atomic E-state index is 0.258. The smallest absolute Gasteiger partial charge is 0.270 e. The molecule has 0 aliphatic heterocycles. The lowest BCUT2D eigenvalue weighted by Gasteiger charge is -2.12. The van der Waals surface area contributed by atoms with Gasteiger partial charge in [0.25, 0.3) is 5.91 Å². The van der Waals surface area contributed by atoms with Crippen LogP contribution in [0.25, 0.3) is 0 Å². The number of hydrogen-bond donors (Lipinski definition) is 2. The summed E-state index contributed by atoms with van der Waals surface area (Å²) in [5.74, 6) is 1.46. The number of amides is 1. The summed E-state index contributed by atoms with van der Waals surface area (Å²) in [4.78, 5) is 23.2. The van der Waals surface area contributed by atoms with Crippen LogP contribution in [0.4, 0.5) is 5.95 Å². The number of methoxy groups -OCH3 is 2. The Bertz CT molecular complexity index is 780. The average molecular weight is 373 g/mol. The Morgan fingerprint density at radius 2 is 1.85 bits per heavy atom. The van der Waals surface area contributed by atoms with E-state index < -0.39 is 0 Å². The molecule has 1 aromatic heterocycles. The lowest BCUT2D eigenvalue weighted by atomic mass is 10.2. The molecule has 27 heavy (non-hydrogen) atoms. The third-order valence-electron chi connectivity index (χ3n) is 3.83. The standard InChI is InChI=1S/C19H27N5O3/c1-13-10-15(23-19(22-13)20-8-9-24(2)3)18(25)21-12-14-6-7-16(26-4)17(11-14)27-5/h6-7,10-11H,8-9,12H2,1-5H3,(H,21,25)(H,20,22,23). The highest BCUT2D eigenvalue weighted by molar-refractivity contribution is 5.92. The van der Waals surface area contributed by atoms with Gasteiger partial charge >= 0.3 is 0 Å². The van der Waals surface area contributed by atoms with E-state index >= 15 is 0 Å². The number of aryl methyl sites for hydroxylation is 1. The van der Waals surface area contributed by atoms with Crippen LogP contribution in [0.1, 0.15) is 21.7 Å². The van der Waals surface area contributed by atoms with Crippen molar-refractivity contribution in [2.75, 3.05) is 46.7 Å². The predicted octanol–water partition coefficient (Wildman–Crippen LogP) is 1.71. The number of aromatic nitrogens is 2. The lowest BCUT2D eigenvalue weighted by Crippen LogP contribution is -2.25. The second kappa shape index (κ2) is 9.72. The van der Waals surface area contributed by atoms with Crippen molar-refractivity contribution in [3.63, 3.8) is 0 Å². The van der Waals surface area contributed by atoms with E-state index in [2.05, 4.69) is 25.5 Å². The SMILES string of the molecule is COc1ccc(CNC(=O)c2cc(C)nc(NCCN(C)C)n2)cc1OC. The molecule has 146 valence electrons. The molecular formula is C19H27N5O3. The molecule has 0 fully saturated rings. The van der Waals surface area contributed by atoms with Gasteiger partial charge in [0, 0.05) is 25.3 Å². The Morgan fingerprint density at radius 3 is 2.52 bits per heavy atom. The minimum atomic E-state index is -0.258. The van der Waals surface area contributed by atoms with Crippen molar-refractivity contribution in [1.29, 1.82) is 0 Å². The maximum absolute atomic E-state index is 12.5. The number of nitrogens with one attached hydrogen (secondary N) is 2. The fourth-order valence-electron chi connectivity index (χ4n) is 2.42. The van der Waals surface area contributed by atoms with E-state index in [1.807, 2.05) is 39.2 Å². The number of ether oxygens (including phenoxy) is 2. The van der Waals surface area contributed by atoms with Gasteiger partial charge in [-0.15, -0.1) is 0 Å². The molecule has 0 saturated heterocycles. The fourth-order valence-corrected chi connectivity index (χ4v) is 2.42. The predicted molar refractivity (Wildman–Crippen MR) is 105 cm³/mol. The summed E-state index contributed by atoms with van der Waals surface area (Å²) in [6.07, 6.45) is 0. The second-order valence-electron chi connectivity index (χ2n) is 6.32. The summed E-state index contributed by atoms with van der Waals surface area (Å²) in [6, 6.07) is 7.18. The number of benzene rings is 1. The van der Waals surface area contributed by atoms with Crippen LogP contribution >= 0.6 is 0 Å². The Kier molecular flexibility index (Phi) is 7.36. The molecule has 8 heteroatoms. The number of carbonyl (C=O) groups excluding carboxylic acids is 1. The van der Waals surface area contributed by atoms with Crippen molar-refractivity contribution in [3.8, 4) is 11.5 Å². The third-order valence-corrected chi connectivity index (χ3v) is 3.83. The van der Waals surface area contributed by atoms with Crippen LogP contribution in [0.5, 0.6) is 11.5 Å². The molecule has 0 radical (unpaired) electrons. The first-order valence-corrected chi connectivity index (χ1v) is 8.66. The zero-order valence-electron chi connectivity index (χ0n) is 16.5. The lowest BCUT2D eigenvalue weighted by molar-refractivity contribution is 0.0945. The highest BCUT2D eigenvalue weighted by Gasteiger charge is 2.11. The van der Waals surface area contributed by atoms with Crippen molar-refractivity contribution in [2.24, 2.45) is 0 Å². The maximum Gasteiger partial charge on any atom is 0.270 e. The number of anilines is 1. The van der Waals surface area contributed by atoms with Crippen molar-refractivity contribution < 1.29 is 14.3 Å². The van der Waals surface area contributed by atoms with Gasteiger partial charge in [-0.3, -0.25) is 4.79 Å². The third kappa shape index (κ3) is 6.10. The Hall–Kier alpha value is -2.87. The molecule has 1 aromatic carbocycles. The summed E-state index contributed by atoms with van der Waals surface area (Å²) in [7, 11) is 7.15. The molecule has 1 heterocycles. The number of rotatable bonds is 9. The molecule has 2 rings (SSSR count). The molecule has 0 bridgehead atoms. The number of hydrogen-bond acceptors (Lipinski definition) is 7. The van der Waals surface area contributed by atoms with E-state index in [-0.39, 0.29) is 5.91 Å². The summed E-state index contributed by atoms with van der Waals surface area (Å²) in [5.41, 5.74) is 1.96. The Morgan fingerprint density at radius 1 is 1.11 bits per heavy atom. The molecule has 0 aliphatic carbocycles. The maximum atomic E-state index is 12.5. The molecule has 0 spiro atoms. The van der Waals surface area contributed by atoms with Crippen LogP contribution in [-0.4, -0.2) is 62.2 Å². The van der Waals surface area contributed by atoms with Crippen LogP contribution in [0, 0.1) is 6.92 Å². The van der Waals surface area contributed by atoms with Gasteiger partial charge in [0.1, 0.15) is 5.69 Å². The fraction of sp³-hybridized carbons (Fsp3) is 0.421. The van der Waals surface area contributed by atoms with Crippen LogP contribution < -0.4 is 20.1 Å². The molecule has 1 amide bonds. The zero-order chi connectivity index (χ0) is 19.8. The van der Waals surface area contributed by atoms with Gasteiger partial charge in [-0.2, -0.15) is 0 Å². The van der Waals surface area contributed by atoms with E-state index in [9.17, 15) is 4.79 Å². The van der Waals surface area contributed by atoms with Crippen LogP contribution in [0.15, 0.2) is 24.3 Å². The summed E-state index contributed by atoms with van der Waals surface area (Å²) in [6.45, 7) is 3.73. The van der Waals surface area contributed by atoms with Crippen molar-refractivity contribution >= 4 is 11.9 Å². The minimum Gasteiger partial charge on any atom is -0.493 e. The molecule has 0 atom stereocenters. The highest BCUT2D eigenvalue weighted by atomic mass is 16.5. The first-order chi connectivity index (χ1) is 12.9. The van der Waals surface area contributed by atoms with E-state index in [0.717, 1.165) is 17.8 Å². The molecule has 2 aromatic rings. The van der Waals surface area contributed by atoms with Gasteiger partial charge in [-0.05, 0) is 44.8 Å². The number of likely N-dealkylation sites (N-methyl/N-ethyl adjacent to an activating group) is 1. The molecule has 0 unspecified atom stereocenters. The van der Waals surface area contributed by atoms with E-state index in [4.69, 9.17) is 9.47 Å². The summed E-state index contributed by atoms with van der Waals surface area (Å²) >= 11 is 0. The number of nitrogens with zero attached hydrogens (tertiary/aromatic N) is 3. The van der Waals surface area contributed by atoms with Crippen LogP contribution in [0.3, 0.4) is 0 Å². The van der Waals surface area contributed by atoms with Gasteiger partial charge in [-0.1, -0.05) is 6.07 Å². The van der Waals surface area contributed by atoms with Gasteiger partial charge in [0.15, 0.2) is 11.5 Å². The van der Waals surface area contributed by atoms with E-state index in [1.165, 1.54) is 0 Å². The second-order valence-corrected chi connectivity index (χ2v) is 6.32. The first-order valence-electron chi connectivity index (χ1n) is 8.66. The average Bonchev–Trinajstić information content (AvgIpc) is 2.65. The molecular weight excluding hydrogens is 346 g/mol. The summed E-state index contributed by atoms with van der Waals surface area (Å²) < 4.78 is 10.5. The normalized spacial score (nSPS) is 10.6. The Balaban J connectivity index is 2.02. The van der Waals surface area contributed by atoms with Crippen LogP contribution in [-0.2, 0) is 6.54 Å².